The van der Waals surface area contributed by atoms with Gasteiger partial charge in [0.15, 0.2) is 0 Å². The van der Waals surface area contributed by atoms with Crippen molar-refractivity contribution in [2.24, 2.45) is 0 Å². The quantitative estimate of drug-likeness (QED) is 0.613. The minimum atomic E-state index is -4.52. The molecule has 0 fully saturated rings. The van der Waals surface area contributed by atoms with Crippen LogP contribution in [0.15, 0.2) is 18.2 Å². The maximum Gasteiger partial charge on any atom is 0.416 e. The molecule has 0 radical (unpaired) electrons. The fraction of sp³-hybridized carbons (Fsp3) is 0.571. The molecule has 20 heavy (non-hydrogen) atoms. The molecule has 114 valence electrons. The summed E-state index contributed by atoms with van der Waals surface area (Å²) >= 11 is 0. The lowest BCUT2D eigenvalue weighted by atomic mass is 10.1. The Kier molecular flexibility index (Phi) is 6.42. The second kappa shape index (κ2) is 7.59. The molecule has 1 aromatic rings. The molecule has 0 aliphatic heterocycles. The minimum absolute atomic E-state index is 0.224. The number of benzene rings is 1. The summed E-state index contributed by atoms with van der Waals surface area (Å²) in [5.41, 5.74) is -0.644. The Hall–Kier alpha value is -1.14. The Morgan fingerprint density at radius 1 is 1.10 bits per heavy atom. The van der Waals surface area contributed by atoms with Crippen molar-refractivity contribution in [3.63, 3.8) is 0 Å². The van der Waals surface area contributed by atoms with E-state index in [1.54, 1.807) is 0 Å². The molecule has 1 N–H and O–H groups in total. The van der Waals surface area contributed by atoms with Gasteiger partial charge in [-0.25, -0.2) is 4.39 Å². The number of halogens is 4. The Bertz CT molecular complexity index is 414. The minimum Gasteiger partial charge on any atom is -0.311 e. The van der Waals surface area contributed by atoms with Crippen molar-refractivity contribution < 1.29 is 17.6 Å². The second-order valence-electron chi connectivity index (χ2n) is 4.55. The molecule has 0 aromatic heterocycles. The van der Waals surface area contributed by atoms with Gasteiger partial charge in [0, 0.05) is 19.6 Å². The zero-order valence-corrected chi connectivity index (χ0v) is 11.7. The van der Waals surface area contributed by atoms with Crippen molar-refractivity contribution in [3.8, 4) is 0 Å². The van der Waals surface area contributed by atoms with Crippen LogP contribution in [0.25, 0.3) is 0 Å². The average Bonchev–Trinajstić information content (AvgIpc) is 2.37. The smallest absolute Gasteiger partial charge is 0.311 e. The van der Waals surface area contributed by atoms with Crippen molar-refractivity contribution in [2.45, 2.75) is 26.6 Å². The van der Waals surface area contributed by atoms with E-state index in [2.05, 4.69) is 10.2 Å². The van der Waals surface area contributed by atoms with Crippen molar-refractivity contribution in [1.82, 2.24) is 10.2 Å². The summed E-state index contributed by atoms with van der Waals surface area (Å²) in [5.74, 6) is -0.861. The van der Waals surface area contributed by atoms with Gasteiger partial charge in [0.25, 0.3) is 0 Å². The molecule has 1 aromatic carbocycles. The van der Waals surface area contributed by atoms with Crippen LogP contribution in [0, 0.1) is 5.82 Å². The SMILES string of the molecule is CCN(CC)CCNCc1cc(F)cc(C(F)(F)F)c1. The van der Waals surface area contributed by atoms with Gasteiger partial charge in [0.05, 0.1) is 5.56 Å². The van der Waals surface area contributed by atoms with Crippen molar-refractivity contribution in [1.29, 1.82) is 0 Å². The maximum atomic E-state index is 13.2. The molecular formula is C14H20F4N2. The fourth-order valence-electron chi connectivity index (χ4n) is 1.93. The standard InChI is InChI=1S/C14H20F4N2/c1-3-20(4-2)6-5-19-10-11-7-12(14(16,17)18)9-13(15)8-11/h7-9,19H,3-6,10H2,1-2H3. The fourth-order valence-corrected chi connectivity index (χ4v) is 1.93. The third-order valence-electron chi connectivity index (χ3n) is 3.11. The molecule has 0 saturated heterocycles. The maximum absolute atomic E-state index is 13.2. The average molecular weight is 292 g/mol. The van der Waals surface area contributed by atoms with Gasteiger partial charge in [-0.2, -0.15) is 13.2 Å². The Morgan fingerprint density at radius 3 is 2.30 bits per heavy atom. The van der Waals surface area contributed by atoms with Crippen LogP contribution in [0.4, 0.5) is 17.6 Å². The molecule has 6 heteroatoms. The predicted molar refractivity (Wildman–Crippen MR) is 70.9 cm³/mol. The summed E-state index contributed by atoms with van der Waals surface area (Å²) in [6.07, 6.45) is -4.52. The van der Waals surface area contributed by atoms with Gasteiger partial charge in [0.1, 0.15) is 5.82 Å². The summed E-state index contributed by atoms with van der Waals surface area (Å²) < 4.78 is 50.8. The summed E-state index contributed by atoms with van der Waals surface area (Å²) in [6, 6.07) is 2.62. The topological polar surface area (TPSA) is 15.3 Å². The van der Waals surface area contributed by atoms with Gasteiger partial charge < -0.3 is 10.2 Å². The van der Waals surface area contributed by atoms with E-state index >= 15 is 0 Å². The van der Waals surface area contributed by atoms with Gasteiger partial charge in [-0.05, 0) is 36.9 Å². The van der Waals surface area contributed by atoms with Crippen LogP contribution in [0.5, 0.6) is 0 Å². The van der Waals surface area contributed by atoms with E-state index in [9.17, 15) is 17.6 Å². The monoisotopic (exact) mass is 292 g/mol. The van der Waals surface area contributed by atoms with Crippen molar-refractivity contribution in [2.75, 3.05) is 26.2 Å². The van der Waals surface area contributed by atoms with E-state index in [1.807, 2.05) is 13.8 Å². The Morgan fingerprint density at radius 2 is 1.75 bits per heavy atom. The van der Waals surface area contributed by atoms with Gasteiger partial charge in [-0.3, -0.25) is 0 Å². The molecule has 0 spiro atoms. The summed E-state index contributed by atoms with van der Waals surface area (Å²) in [6.45, 7) is 7.64. The number of alkyl halides is 3. The van der Waals surface area contributed by atoms with Crippen LogP contribution in [0.2, 0.25) is 0 Å². The highest BCUT2D eigenvalue weighted by molar-refractivity contribution is 5.26. The predicted octanol–water partition coefficient (Wildman–Crippen LogP) is 3.28. The molecular weight excluding hydrogens is 272 g/mol. The van der Waals surface area contributed by atoms with Gasteiger partial charge in [0.2, 0.25) is 0 Å². The normalized spacial score (nSPS) is 12.2. The molecule has 0 aliphatic rings. The molecule has 0 aliphatic carbocycles. The molecule has 1 rings (SSSR count). The Labute approximate surface area is 116 Å². The number of likely N-dealkylation sites (N-methyl/N-ethyl adjacent to an activating group) is 1. The molecule has 2 nitrogen and oxygen atoms in total. The largest absolute Gasteiger partial charge is 0.416 e. The Balaban J connectivity index is 2.54. The zero-order chi connectivity index (χ0) is 15.2. The van der Waals surface area contributed by atoms with E-state index in [-0.39, 0.29) is 6.54 Å². The summed E-state index contributed by atoms with van der Waals surface area (Å²) in [4.78, 5) is 2.19. The number of nitrogens with one attached hydrogen (secondary N) is 1. The van der Waals surface area contributed by atoms with Gasteiger partial charge >= 0.3 is 6.18 Å². The van der Waals surface area contributed by atoms with Crippen LogP contribution in [-0.2, 0) is 12.7 Å². The van der Waals surface area contributed by atoms with Gasteiger partial charge in [-0.1, -0.05) is 13.8 Å². The third-order valence-corrected chi connectivity index (χ3v) is 3.11. The first kappa shape index (κ1) is 16.9. The van der Waals surface area contributed by atoms with E-state index < -0.39 is 17.6 Å². The first-order valence-electron chi connectivity index (χ1n) is 6.66. The summed E-state index contributed by atoms with van der Waals surface area (Å²) in [5, 5.41) is 3.03. The number of hydrogen-bond donors (Lipinski definition) is 1. The summed E-state index contributed by atoms with van der Waals surface area (Å²) in [7, 11) is 0. The second-order valence-corrected chi connectivity index (χ2v) is 4.55. The van der Waals surface area contributed by atoms with E-state index in [1.165, 1.54) is 0 Å². The van der Waals surface area contributed by atoms with E-state index in [0.717, 1.165) is 31.8 Å². The number of nitrogens with zero attached hydrogens (tertiary/aromatic N) is 1. The van der Waals surface area contributed by atoms with Crippen LogP contribution in [0.3, 0.4) is 0 Å². The highest BCUT2D eigenvalue weighted by Gasteiger charge is 2.31. The third kappa shape index (κ3) is 5.46. The lowest BCUT2D eigenvalue weighted by Gasteiger charge is -2.18. The van der Waals surface area contributed by atoms with Crippen molar-refractivity contribution in [3.05, 3.63) is 35.1 Å². The number of hydrogen-bond acceptors (Lipinski definition) is 2. The van der Waals surface area contributed by atoms with Crippen molar-refractivity contribution >= 4 is 0 Å². The molecule has 0 bridgehead atoms. The zero-order valence-electron chi connectivity index (χ0n) is 11.7. The van der Waals surface area contributed by atoms with Crippen LogP contribution in [0.1, 0.15) is 25.0 Å². The molecule has 0 heterocycles. The first-order valence-corrected chi connectivity index (χ1v) is 6.66. The van der Waals surface area contributed by atoms with E-state index in [4.69, 9.17) is 0 Å². The molecule has 0 saturated carbocycles. The highest BCUT2D eigenvalue weighted by atomic mass is 19.4. The number of rotatable bonds is 7. The lowest BCUT2D eigenvalue weighted by Crippen LogP contribution is -2.31. The molecule has 0 atom stereocenters. The van der Waals surface area contributed by atoms with E-state index in [0.29, 0.717) is 18.2 Å². The molecule has 0 unspecified atom stereocenters. The lowest BCUT2D eigenvalue weighted by molar-refractivity contribution is -0.137. The molecule has 0 amide bonds. The first-order chi connectivity index (χ1) is 9.36. The van der Waals surface area contributed by atoms with Crippen LogP contribution >= 0.6 is 0 Å². The van der Waals surface area contributed by atoms with Crippen LogP contribution in [-0.4, -0.2) is 31.1 Å². The van der Waals surface area contributed by atoms with Crippen LogP contribution < -0.4 is 5.32 Å². The van der Waals surface area contributed by atoms with Gasteiger partial charge in [-0.15, -0.1) is 0 Å². The highest BCUT2D eigenvalue weighted by Crippen LogP contribution is 2.30.